The molecule has 0 aliphatic rings. The molecule has 4 aromatic rings. The Morgan fingerprint density at radius 1 is 1.00 bits per heavy atom. The van der Waals surface area contributed by atoms with E-state index in [1.807, 2.05) is 17.5 Å². The second kappa shape index (κ2) is 7.97. The van der Waals surface area contributed by atoms with Gasteiger partial charge in [-0.05, 0) is 48.5 Å². The van der Waals surface area contributed by atoms with Crippen molar-refractivity contribution in [2.24, 2.45) is 0 Å². The third kappa shape index (κ3) is 4.14. The largest absolute Gasteiger partial charge is 0.459 e. The van der Waals surface area contributed by atoms with Gasteiger partial charge in [0, 0.05) is 16.6 Å². The number of hydrogen-bond donors (Lipinski definition) is 2. The summed E-state index contributed by atoms with van der Waals surface area (Å²) >= 11 is 8.72. The maximum atomic E-state index is 12.4. The zero-order chi connectivity index (χ0) is 19.5. The van der Waals surface area contributed by atoms with Gasteiger partial charge in [0.15, 0.2) is 10.9 Å². The van der Waals surface area contributed by atoms with Gasteiger partial charge in [-0.3, -0.25) is 14.9 Å². The second-order valence-electron chi connectivity index (χ2n) is 5.60. The number of anilines is 2. The van der Waals surface area contributed by atoms with Crippen LogP contribution in [-0.4, -0.2) is 16.8 Å². The summed E-state index contributed by atoms with van der Waals surface area (Å²) in [6.07, 6.45) is 1.43. The highest BCUT2D eigenvalue weighted by atomic mass is 35.5. The molecule has 0 radical (unpaired) electrons. The van der Waals surface area contributed by atoms with Crippen molar-refractivity contribution in [1.29, 1.82) is 0 Å². The van der Waals surface area contributed by atoms with Crippen molar-refractivity contribution in [1.82, 2.24) is 4.98 Å². The van der Waals surface area contributed by atoms with Gasteiger partial charge in [0.1, 0.15) is 0 Å². The maximum Gasteiger partial charge on any atom is 0.291 e. The number of thiophene rings is 1. The van der Waals surface area contributed by atoms with Gasteiger partial charge in [-0.1, -0.05) is 11.6 Å². The highest BCUT2D eigenvalue weighted by molar-refractivity contribution is 7.20. The molecule has 0 atom stereocenters. The number of nitrogens with zero attached hydrogens (tertiary/aromatic N) is 1. The number of hydrogen-bond acceptors (Lipinski definition) is 6. The van der Waals surface area contributed by atoms with Crippen molar-refractivity contribution in [2.45, 2.75) is 0 Å². The normalized spacial score (nSPS) is 10.6. The number of aromatic nitrogens is 1. The van der Waals surface area contributed by atoms with Crippen molar-refractivity contribution in [3.8, 4) is 10.6 Å². The van der Waals surface area contributed by atoms with Crippen LogP contribution in [0.25, 0.3) is 10.6 Å². The standard InChI is InChI=1S/C19H12ClN3O3S2/c20-16-8-7-15(28-16)13-10-27-19(22-13)23-17(24)11-3-5-12(6-4-11)21-18(25)14-2-1-9-26-14/h1-10H,(H,21,25)(H,22,23,24). The Hall–Kier alpha value is -2.94. The van der Waals surface area contributed by atoms with Crippen LogP contribution in [0, 0.1) is 0 Å². The van der Waals surface area contributed by atoms with Crippen molar-refractivity contribution in [2.75, 3.05) is 10.6 Å². The smallest absolute Gasteiger partial charge is 0.291 e. The average molecular weight is 430 g/mol. The Bertz CT molecular complexity index is 1120. The minimum Gasteiger partial charge on any atom is -0.459 e. The summed E-state index contributed by atoms with van der Waals surface area (Å²) in [5.41, 5.74) is 1.78. The number of thiazole rings is 1. The third-order valence-electron chi connectivity index (χ3n) is 3.70. The molecule has 0 saturated carbocycles. The second-order valence-corrected chi connectivity index (χ2v) is 8.18. The fourth-order valence-electron chi connectivity index (χ4n) is 2.37. The fourth-order valence-corrected chi connectivity index (χ4v) is 4.15. The zero-order valence-electron chi connectivity index (χ0n) is 14.1. The molecule has 3 aromatic heterocycles. The van der Waals surface area contributed by atoms with Gasteiger partial charge < -0.3 is 9.73 Å². The average Bonchev–Trinajstić information content (AvgIpc) is 3.44. The van der Waals surface area contributed by atoms with Crippen LogP contribution < -0.4 is 10.6 Å². The summed E-state index contributed by atoms with van der Waals surface area (Å²) in [6.45, 7) is 0. The monoisotopic (exact) mass is 429 g/mol. The topological polar surface area (TPSA) is 84.2 Å². The van der Waals surface area contributed by atoms with Gasteiger partial charge in [0.2, 0.25) is 0 Å². The number of furan rings is 1. The van der Waals surface area contributed by atoms with E-state index in [4.69, 9.17) is 16.0 Å². The first kappa shape index (κ1) is 18.4. The number of carbonyl (C=O) groups excluding carboxylic acids is 2. The van der Waals surface area contributed by atoms with Crippen molar-refractivity contribution >= 4 is 56.9 Å². The van der Waals surface area contributed by atoms with Gasteiger partial charge in [-0.15, -0.1) is 22.7 Å². The Morgan fingerprint density at radius 3 is 2.50 bits per heavy atom. The quantitative estimate of drug-likeness (QED) is 0.431. The maximum absolute atomic E-state index is 12.4. The molecule has 9 heteroatoms. The molecule has 2 amide bonds. The van der Waals surface area contributed by atoms with E-state index in [0.29, 0.717) is 20.7 Å². The lowest BCUT2D eigenvalue weighted by Gasteiger charge is -2.05. The van der Waals surface area contributed by atoms with E-state index >= 15 is 0 Å². The Labute approximate surface area is 172 Å². The van der Waals surface area contributed by atoms with E-state index in [1.54, 1.807) is 36.4 Å². The predicted octanol–water partition coefficient (Wildman–Crippen LogP) is 5.62. The van der Waals surface area contributed by atoms with E-state index < -0.39 is 0 Å². The van der Waals surface area contributed by atoms with Crippen LogP contribution in [0.4, 0.5) is 10.8 Å². The van der Waals surface area contributed by atoms with Crippen LogP contribution in [0.15, 0.2) is 64.6 Å². The molecule has 4 rings (SSSR count). The first-order valence-corrected chi connectivity index (χ1v) is 10.1. The minimum absolute atomic E-state index is 0.216. The Kier molecular flexibility index (Phi) is 5.25. The van der Waals surface area contributed by atoms with E-state index in [0.717, 1.165) is 10.6 Å². The van der Waals surface area contributed by atoms with Crippen LogP contribution in [0.5, 0.6) is 0 Å². The number of halogens is 1. The fraction of sp³-hybridized carbons (Fsp3) is 0. The lowest BCUT2D eigenvalue weighted by atomic mass is 10.2. The first-order chi connectivity index (χ1) is 13.6. The van der Waals surface area contributed by atoms with E-state index in [1.165, 1.54) is 28.9 Å². The number of carbonyl (C=O) groups is 2. The lowest BCUT2D eigenvalue weighted by Crippen LogP contribution is -2.13. The molecule has 140 valence electrons. The van der Waals surface area contributed by atoms with E-state index in [9.17, 15) is 9.59 Å². The third-order valence-corrected chi connectivity index (χ3v) is 5.71. The summed E-state index contributed by atoms with van der Waals surface area (Å²) in [6, 6.07) is 13.5. The predicted molar refractivity (Wildman–Crippen MR) is 111 cm³/mol. The number of nitrogens with one attached hydrogen (secondary N) is 2. The van der Waals surface area contributed by atoms with Crippen LogP contribution in [-0.2, 0) is 0 Å². The number of benzene rings is 1. The van der Waals surface area contributed by atoms with Gasteiger partial charge in [-0.25, -0.2) is 4.98 Å². The molecule has 3 heterocycles. The molecule has 6 nitrogen and oxygen atoms in total. The highest BCUT2D eigenvalue weighted by Gasteiger charge is 2.12. The molecule has 0 aliphatic carbocycles. The minimum atomic E-state index is -0.355. The zero-order valence-corrected chi connectivity index (χ0v) is 16.5. The molecule has 0 aliphatic heterocycles. The van der Waals surface area contributed by atoms with Gasteiger partial charge in [-0.2, -0.15) is 0 Å². The molecular weight excluding hydrogens is 418 g/mol. The van der Waals surface area contributed by atoms with Crippen LogP contribution >= 0.6 is 34.3 Å². The SMILES string of the molecule is O=C(Nc1nc(-c2ccc(Cl)s2)cs1)c1ccc(NC(=O)c2ccco2)cc1. The van der Waals surface area contributed by atoms with E-state index in [2.05, 4.69) is 15.6 Å². The van der Waals surface area contributed by atoms with Crippen LogP contribution in [0.2, 0.25) is 4.34 Å². The van der Waals surface area contributed by atoms with Crippen LogP contribution in [0.1, 0.15) is 20.9 Å². The van der Waals surface area contributed by atoms with Gasteiger partial charge >= 0.3 is 0 Å². The summed E-state index contributed by atoms with van der Waals surface area (Å²) in [7, 11) is 0. The summed E-state index contributed by atoms with van der Waals surface area (Å²) in [4.78, 5) is 29.7. The lowest BCUT2D eigenvalue weighted by molar-refractivity contribution is 0.0995. The molecule has 0 fully saturated rings. The Morgan fingerprint density at radius 2 is 1.82 bits per heavy atom. The number of rotatable bonds is 5. The van der Waals surface area contributed by atoms with Gasteiger partial charge in [0.25, 0.3) is 11.8 Å². The van der Waals surface area contributed by atoms with Crippen molar-refractivity contribution in [3.63, 3.8) is 0 Å². The molecule has 28 heavy (non-hydrogen) atoms. The summed E-state index contributed by atoms with van der Waals surface area (Å²) in [5.74, 6) is -0.423. The highest BCUT2D eigenvalue weighted by Crippen LogP contribution is 2.32. The molecule has 0 bridgehead atoms. The Balaban J connectivity index is 1.40. The molecule has 0 spiro atoms. The van der Waals surface area contributed by atoms with Crippen molar-refractivity contribution in [3.05, 3.63) is 75.8 Å². The molecule has 2 N–H and O–H groups in total. The van der Waals surface area contributed by atoms with E-state index in [-0.39, 0.29) is 17.6 Å². The first-order valence-electron chi connectivity index (χ1n) is 8.06. The molecule has 0 unspecified atom stereocenters. The number of amides is 2. The summed E-state index contributed by atoms with van der Waals surface area (Å²) < 4.78 is 5.73. The van der Waals surface area contributed by atoms with Crippen molar-refractivity contribution < 1.29 is 14.0 Å². The molecule has 1 aromatic carbocycles. The molecule has 0 saturated heterocycles. The molecular formula is C19H12ClN3O3S2. The summed E-state index contributed by atoms with van der Waals surface area (Å²) in [5, 5.41) is 7.84. The van der Waals surface area contributed by atoms with Crippen LogP contribution in [0.3, 0.4) is 0 Å². The van der Waals surface area contributed by atoms with Gasteiger partial charge in [0.05, 0.1) is 21.2 Å².